The topological polar surface area (TPSA) is 116 Å². The van der Waals surface area contributed by atoms with Crippen LogP contribution >= 0.6 is 15.9 Å². The number of carbonyl (C=O) groups is 4. The van der Waals surface area contributed by atoms with E-state index in [0.29, 0.717) is 13.0 Å². The maximum atomic E-state index is 13.0. The van der Waals surface area contributed by atoms with Crippen LogP contribution < -0.4 is 21.3 Å². The zero-order valence-corrected chi connectivity index (χ0v) is 21.9. The van der Waals surface area contributed by atoms with Crippen LogP contribution in [0.15, 0.2) is 59.1 Å². The highest BCUT2D eigenvalue weighted by molar-refractivity contribution is 9.10. The second-order valence-electron chi connectivity index (χ2n) is 8.64. The summed E-state index contributed by atoms with van der Waals surface area (Å²) in [7, 11) is 0. The number of ketones is 1. The highest BCUT2D eigenvalue weighted by Crippen LogP contribution is 2.10. The van der Waals surface area contributed by atoms with Crippen molar-refractivity contribution < 1.29 is 19.2 Å². The third kappa shape index (κ3) is 9.90. The average Bonchev–Trinajstić information content (AvgIpc) is 2.84. The summed E-state index contributed by atoms with van der Waals surface area (Å²) < 4.78 is 0.913. The third-order valence-corrected chi connectivity index (χ3v) is 5.78. The van der Waals surface area contributed by atoms with Crippen LogP contribution in [0.3, 0.4) is 0 Å². The summed E-state index contributed by atoms with van der Waals surface area (Å²) in [6.07, 6.45) is 0.621. The van der Waals surface area contributed by atoms with Gasteiger partial charge in [-0.25, -0.2) is 4.79 Å². The van der Waals surface area contributed by atoms with Crippen LogP contribution in [0.5, 0.6) is 0 Å². The monoisotopic (exact) mass is 544 g/mol. The van der Waals surface area contributed by atoms with Gasteiger partial charge in [-0.3, -0.25) is 14.4 Å². The van der Waals surface area contributed by atoms with Crippen molar-refractivity contribution in [1.29, 1.82) is 0 Å². The molecule has 1 unspecified atom stereocenters. The van der Waals surface area contributed by atoms with E-state index >= 15 is 0 Å². The van der Waals surface area contributed by atoms with Crippen LogP contribution in [0, 0.1) is 5.92 Å². The normalized spacial score (nSPS) is 12.4. The summed E-state index contributed by atoms with van der Waals surface area (Å²) in [5.74, 6) is -1.89. The van der Waals surface area contributed by atoms with Gasteiger partial charge in [0.15, 0.2) is 0 Å². The lowest BCUT2D eigenvalue weighted by molar-refractivity contribution is -0.140. The highest BCUT2D eigenvalue weighted by atomic mass is 79.9. The Bertz CT molecular complexity index is 996. The maximum absolute atomic E-state index is 13.0. The number of urea groups is 1. The molecule has 2 rings (SSSR count). The molecule has 4 N–H and O–H groups in total. The molecule has 0 aliphatic heterocycles. The average molecular weight is 545 g/mol. The van der Waals surface area contributed by atoms with Crippen LogP contribution in [0.1, 0.15) is 44.7 Å². The molecule has 2 aromatic carbocycles. The zero-order chi connectivity index (χ0) is 25.8. The van der Waals surface area contributed by atoms with Crippen molar-refractivity contribution in [3.05, 3.63) is 70.2 Å². The SMILES string of the molecule is CCC(NC(=O)[C@H](CC(C)C)NC(=O)NCc1ccccc1)C(=O)C(=O)NCc1ccc(Br)cc1. The van der Waals surface area contributed by atoms with E-state index in [2.05, 4.69) is 37.2 Å². The first-order valence-corrected chi connectivity index (χ1v) is 12.4. The van der Waals surface area contributed by atoms with E-state index in [9.17, 15) is 19.2 Å². The molecular weight excluding hydrogens is 512 g/mol. The first-order chi connectivity index (χ1) is 16.7. The minimum Gasteiger partial charge on any atom is -0.345 e. The molecular formula is C26H33BrN4O4. The minimum atomic E-state index is -0.990. The van der Waals surface area contributed by atoms with Gasteiger partial charge in [-0.05, 0) is 42.0 Å². The predicted molar refractivity (Wildman–Crippen MR) is 138 cm³/mol. The van der Waals surface area contributed by atoms with Crippen molar-refractivity contribution in [3.8, 4) is 0 Å². The molecule has 0 radical (unpaired) electrons. The van der Waals surface area contributed by atoms with Gasteiger partial charge in [-0.15, -0.1) is 0 Å². The molecule has 0 saturated heterocycles. The van der Waals surface area contributed by atoms with Crippen LogP contribution in [-0.4, -0.2) is 35.7 Å². The van der Waals surface area contributed by atoms with E-state index in [-0.39, 0.29) is 18.9 Å². The van der Waals surface area contributed by atoms with Crippen molar-refractivity contribution in [2.45, 2.75) is 58.8 Å². The number of amides is 4. The number of Topliss-reactive ketones (excluding diaryl/α,β-unsaturated/α-hetero) is 1. The van der Waals surface area contributed by atoms with Gasteiger partial charge < -0.3 is 21.3 Å². The lowest BCUT2D eigenvalue weighted by Gasteiger charge is -2.23. The molecule has 0 aliphatic carbocycles. The molecule has 35 heavy (non-hydrogen) atoms. The van der Waals surface area contributed by atoms with E-state index < -0.39 is 35.7 Å². The molecule has 188 valence electrons. The lowest BCUT2D eigenvalue weighted by atomic mass is 10.0. The van der Waals surface area contributed by atoms with E-state index in [1.54, 1.807) is 6.92 Å². The molecule has 0 saturated carbocycles. The zero-order valence-electron chi connectivity index (χ0n) is 20.3. The Morgan fingerprint density at radius 1 is 0.800 bits per heavy atom. The quantitative estimate of drug-likeness (QED) is 0.306. The first-order valence-electron chi connectivity index (χ1n) is 11.6. The van der Waals surface area contributed by atoms with Gasteiger partial charge in [-0.2, -0.15) is 0 Å². The summed E-state index contributed by atoms with van der Waals surface area (Å²) in [5.41, 5.74) is 1.77. The van der Waals surface area contributed by atoms with Crippen molar-refractivity contribution in [2.24, 2.45) is 5.92 Å². The number of rotatable bonds is 12. The van der Waals surface area contributed by atoms with Gasteiger partial charge in [0.25, 0.3) is 5.91 Å². The van der Waals surface area contributed by atoms with Crippen LogP contribution in [0.2, 0.25) is 0 Å². The molecule has 0 aliphatic rings. The Balaban J connectivity index is 1.93. The standard InChI is InChI=1S/C26H33BrN4O4/c1-4-21(23(32)25(34)28-15-19-10-12-20(27)13-11-19)30-24(33)22(14-17(2)3)31-26(35)29-16-18-8-6-5-7-9-18/h5-13,17,21-22H,4,14-16H2,1-3H3,(H,28,34)(H,30,33)(H2,29,31,35)/t21?,22-/m0/s1. The van der Waals surface area contributed by atoms with Crippen LogP contribution in [-0.2, 0) is 27.5 Å². The molecule has 0 bridgehead atoms. The molecule has 0 heterocycles. The highest BCUT2D eigenvalue weighted by Gasteiger charge is 2.29. The van der Waals surface area contributed by atoms with Gasteiger partial charge in [0, 0.05) is 17.6 Å². The maximum Gasteiger partial charge on any atom is 0.315 e. The largest absolute Gasteiger partial charge is 0.345 e. The number of hydrogen-bond donors (Lipinski definition) is 4. The lowest BCUT2D eigenvalue weighted by Crippen LogP contribution is -2.55. The molecule has 0 spiro atoms. The van der Waals surface area contributed by atoms with Crippen molar-refractivity contribution in [3.63, 3.8) is 0 Å². The van der Waals surface area contributed by atoms with Gasteiger partial charge in [-0.1, -0.05) is 79.2 Å². The summed E-state index contributed by atoms with van der Waals surface area (Å²) in [6, 6.07) is 14.4. The number of nitrogens with one attached hydrogen (secondary N) is 4. The summed E-state index contributed by atoms with van der Waals surface area (Å²) in [4.78, 5) is 50.5. The number of carbonyl (C=O) groups excluding carboxylic acids is 4. The van der Waals surface area contributed by atoms with E-state index in [1.165, 1.54) is 0 Å². The second-order valence-corrected chi connectivity index (χ2v) is 9.55. The Kier molecular flexibility index (Phi) is 11.4. The number of benzene rings is 2. The smallest absolute Gasteiger partial charge is 0.315 e. The predicted octanol–water partition coefficient (Wildman–Crippen LogP) is 3.44. The van der Waals surface area contributed by atoms with Crippen molar-refractivity contribution in [1.82, 2.24) is 21.3 Å². The fourth-order valence-corrected chi connectivity index (χ4v) is 3.61. The Labute approximate surface area is 214 Å². The Morgan fingerprint density at radius 3 is 2.00 bits per heavy atom. The van der Waals surface area contributed by atoms with E-state index in [4.69, 9.17) is 0 Å². The van der Waals surface area contributed by atoms with Gasteiger partial charge in [0.1, 0.15) is 6.04 Å². The molecule has 2 aromatic rings. The Hall–Kier alpha value is -3.20. The van der Waals surface area contributed by atoms with Gasteiger partial charge in [0.05, 0.1) is 6.04 Å². The van der Waals surface area contributed by atoms with Crippen LogP contribution in [0.4, 0.5) is 4.79 Å². The number of halogens is 1. The Morgan fingerprint density at radius 2 is 1.40 bits per heavy atom. The molecule has 2 atom stereocenters. The second kappa shape index (κ2) is 14.3. The van der Waals surface area contributed by atoms with Crippen molar-refractivity contribution >= 4 is 39.6 Å². The van der Waals surface area contributed by atoms with Crippen molar-refractivity contribution in [2.75, 3.05) is 0 Å². The van der Waals surface area contributed by atoms with E-state index in [1.807, 2.05) is 68.4 Å². The molecule has 8 nitrogen and oxygen atoms in total. The summed E-state index contributed by atoms with van der Waals surface area (Å²) in [6.45, 7) is 6.09. The first kappa shape index (κ1) is 28.0. The molecule has 4 amide bonds. The van der Waals surface area contributed by atoms with Gasteiger partial charge in [0.2, 0.25) is 11.7 Å². The third-order valence-electron chi connectivity index (χ3n) is 5.26. The van der Waals surface area contributed by atoms with Crippen LogP contribution in [0.25, 0.3) is 0 Å². The fourth-order valence-electron chi connectivity index (χ4n) is 3.35. The molecule has 0 aromatic heterocycles. The molecule has 9 heteroatoms. The summed E-state index contributed by atoms with van der Waals surface area (Å²) >= 11 is 3.35. The minimum absolute atomic E-state index is 0.116. The molecule has 0 fully saturated rings. The summed E-state index contributed by atoms with van der Waals surface area (Å²) in [5, 5.41) is 10.7. The van der Waals surface area contributed by atoms with Gasteiger partial charge >= 0.3 is 6.03 Å². The van der Waals surface area contributed by atoms with E-state index in [0.717, 1.165) is 15.6 Å². The number of hydrogen-bond acceptors (Lipinski definition) is 4. The fraction of sp³-hybridized carbons (Fsp3) is 0.385.